The molecule has 1 heterocycles. The lowest BCUT2D eigenvalue weighted by atomic mass is 10.3. The predicted octanol–water partition coefficient (Wildman–Crippen LogP) is -1.12. The molecule has 0 fully saturated rings. The van der Waals surface area contributed by atoms with Crippen LogP contribution < -0.4 is 5.73 Å². The van der Waals surface area contributed by atoms with Gasteiger partial charge in [0.05, 0.1) is 25.4 Å². The number of aliphatic hydroxyl groups excluding tert-OH is 3. The summed E-state index contributed by atoms with van der Waals surface area (Å²) in [5.41, 5.74) is 5.25. The second kappa shape index (κ2) is 11.8. The van der Waals surface area contributed by atoms with Crippen molar-refractivity contribution in [2.45, 2.75) is 20.0 Å². The molecule has 1 rings (SSSR count). The average molecular weight is 265 g/mol. The molecule has 18 heavy (non-hydrogen) atoms. The van der Waals surface area contributed by atoms with Gasteiger partial charge >= 0.3 is 12.1 Å². The lowest BCUT2D eigenvalue weighted by molar-refractivity contribution is -0.138. The molecule has 0 atom stereocenters. The van der Waals surface area contributed by atoms with E-state index in [0.717, 1.165) is 0 Å². The van der Waals surface area contributed by atoms with E-state index < -0.39 is 12.2 Å². The second-order valence-corrected chi connectivity index (χ2v) is 2.98. The summed E-state index contributed by atoms with van der Waals surface area (Å²) in [6.07, 6.45) is -0.231. The number of hydrogen-bond donors (Lipinski definition) is 4. The maximum absolute atomic E-state index is 9.94. The van der Waals surface area contributed by atoms with Crippen LogP contribution in [0.3, 0.4) is 0 Å². The minimum Gasteiger partial charge on any atom is -0.450 e. The summed E-state index contributed by atoms with van der Waals surface area (Å²) in [6, 6.07) is 0. The average Bonchev–Trinajstić information content (AvgIpc) is 2.36. The molecular formula is C10H19NO7. The van der Waals surface area contributed by atoms with Gasteiger partial charge in [0.25, 0.3) is 0 Å². The fraction of sp³-hybridized carbons (Fsp3) is 0.600. The minimum atomic E-state index is -0.954. The van der Waals surface area contributed by atoms with Crippen LogP contribution in [0.5, 0.6) is 0 Å². The fourth-order valence-corrected chi connectivity index (χ4v) is 0.425. The molecule has 0 aliphatic carbocycles. The van der Waals surface area contributed by atoms with Crippen LogP contribution in [0, 0.1) is 0 Å². The Kier molecular flexibility index (Phi) is 12.3. The predicted molar refractivity (Wildman–Crippen MR) is 61.2 cm³/mol. The number of primary amides is 1. The topological polar surface area (TPSA) is 139 Å². The third-order valence-electron chi connectivity index (χ3n) is 1.37. The van der Waals surface area contributed by atoms with Crippen LogP contribution in [0.25, 0.3) is 0 Å². The van der Waals surface area contributed by atoms with Gasteiger partial charge in [-0.15, -0.1) is 0 Å². The molecule has 0 aromatic carbocycles. The van der Waals surface area contributed by atoms with Gasteiger partial charge in [0.1, 0.15) is 12.4 Å². The van der Waals surface area contributed by atoms with Crippen molar-refractivity contribution in [3.8, 4) is 0 Å². The largest absolute Gasteiger partial charge is 0.450 e. The Labute approximate surface area is 105 Å². The zero-order chi connectivity index (χ0) is 14.6. The fourth-order valence-electron chi connectivity index (χ4n) is 0.425. The summed E-state index contributed by atoms with van der Waals surface area (Å²) in [4.78, 5) is 19.5. The highest BCUT2D eigenvalue weighted by Gasteiger charge is 2.12. The molecule has 0 unspecified atom stereocenters. The lowest BCUT2D eigenvalue weighted by Gasteiger charge is -2.05. The molecule has 0 radical (unpaired) electrons. The number of cyclic esters (lactones) is 1. The molecule has 0 saturated carbocycles. The third kappa shape index (κ3) is 12.4. The highest BCUT2D eigenvalue weighted by molar-refractivity contribution is 5.92. The Morgan fingerprint density at radius 3 is 1.94 bits per heavy atom. The first-order valence-corrected chi connectivity index (χ1v) is 5.08. The van der Waals surface area contributed by atoms with Gasteiger partial charge in [-0.1, -0.05) is 0 Å². The van der Waals surface area contributed by atoms with Crippen molar-refractivity contribution in [2.24, 2.45) is 5.73 Å². The maximum Gasteiger partial charge on any atom is 0.404 e. The van der Waals surface area contributed by atoms with Gasteiger partial charge < -0.3 is 30.5 Å². The molecule has 0 saturated heterocycles. The number of aliphatic hydroxyl groups is 3. The molecule has 8 nitrogen and oxygen atoms in total. The van der Waals surface area contributed by atoms with Crippen LogP contribution in [0.4, 0.5) is 4.79 Å². The van der Waals surface area contributed by atoms with Crippen LogP contribution in [0.15, 0.2) is 11.8 Å². The summed E-state index contributed by atoms with van der Waals surface area (Å²) in [5, 5.41) is 24.0. The first kappa shape index (κ1) is 18.7. The zero-order valence-electron chi connectivity index (χ0n) is 10.3. The minimum absolute atomic E-state index is 0.199. The monoisotopic (exact) mass is 265 g/mol. The van der Waals surface area contributed by atoms with E-state index in [4.69, 9.17) is 15.3 Å². The molecule has 1 aliphatic heterocycles. The van der Waals surface area contributed by atoms with Gasteiger partial charge in [-0.2, -0.15) is 0 Å². The number of amides is 1. The van der Waals surface area contributed by atoms with Crippen molar-refractivity contribution in [2.75, 3.05) is 19.8 Å². The number of esters is 1. The van der Waals surface area contributed by atoms with Crippen LogP contribution in [0.2, 0.25) is 0 Å². The van der Waals surface area contributed by atoms with Crippen molar-refractivity contribution in [1.82, 2.24) is 0 Å². The summed E-state index contributed by atoms with van der Waals surface area (Å²) >= 11 is 0. The third-order valence-corrected chi connectivity index (χ3v) is 1.37. The molecular weight excluding hydrogens is 246 g/mol. The highest BCUT2D eigenvalue weighted by atomic mass is 16.5. The molecule has 0 aromatic heterocycles. The van der Waals surface area contributed by atoms with Gasteiger partial charge in [0.15, 0.2) is 0 Å². The van der Waals surface area contributed by atoms with Crippen LogP contribution >= 0.6 is 0 Å². The van der Waals surface area contributed by atoms with E-state index in [1.165, 1.54) is 6.26 Å². The van der Waals surface area contributed by atoms with E-state index in [0.29, 0.717) is 12.2 Å². The number of hydrogen-bond acceptors (Lipinski definition) is 7. The first-order valence-electron chi connectivity index (χ1n) is 5.08. The SMILES string of the molecule is CC1=COC1=O.CCOC(N)=O.OCC(O)CO. The van der Waals surface area contributed by atoms with Crippen LogP contribution in [-0.2, 0) is 14.3 Å². The van der Waals surface area contributed by atoms with Gasteiger partial charge in [-0.05, 0) is 13.8 Å². The van der Waals surface area contributed by atoms with E-state index in [9.17, 15) is 9.59 Å². The van der Waals surface area contributed by atoms with Gasteiger partial charge in [0.2, 0.25) is 0 Å². The van der Waals surface area contributed by atoms with E-state index in [-0.39, 0.29) is 19.2 Å². The number of carbonyl (C=O) groups is 2. The van der Waals surface area contributed by atoms with E-state index in [1.54, 1.807) is 13.8 Å². The Balaban J connectivity index is 0. The van der Waals surface area contributed by atoms with Gasteiger partial charge in [-0.3, -0.25) is 0 Å². The number of rotatable bonds is 3. The molecule has 0 spiro atoms. The molecule has 1 aliphatic rings. The van der Waals surface area contributed by atoms with Crippen molar-refractivity contribution < 1.29 is 34.4 Å². The first-order chi connectivity index (χ1) is 8.38. The second-order valence-electron chi connectivity index (χ2n) is 2.98. The van der Waals surface area contributed by atoms with Crippen LogP contribution in [0.1, 0.15) is 13.8 Å². The molecule has 0 bridgehead atoms. The van der Waals surface area contributed by atoms with E-state index in [2.05, 4.69) is 15.2 Å². The van der Waals surface area contributed by atoms with Gasteiger partial charge in [-0.25, -0.2) is 9.59 Å². The molecule has 5 N–H and O–H groups in total. The number of ether oxygens (including phenoxy) is 2. The van der Waals surface area contributed by atoms with E-state index >= 15 is 0 Å². The lowest BCUT2D eigenvalue weighted by Crippen LogP contribution is -2.15. The summed E-state index contributed by atoms with van der Waals surface area (Å²) < 4.78 is 8.42. The van der Waals surface area contributed by atoms with E-state index in [1.807, 2.05) is 0 Å². The smallest absolute Gasteiger partial charge is 0.404 e. The number of carbonyl (C=O) groups excluding carboxylic acids is 2. The zero-order valence-corrected chi connectivity index (χ0v) is 10.3. The Morgan fingerprint density at radius 1 is 1.50 bits per heavy atom. The maximum atomic E-state index is 9.94. The summed E-state index contributed by atoms with van der Waals surface area (Å²) in [5.74, 6) is -0.199. The van der Waals surface area contributed by atoms with Crippen molar-refractivity contribution in [3.05, 3.63) is 11.8 Å². The quantitative estimate of drug-likeness (QED) is 0.474. The Morgan fingerprint density at radius 2 is 1.94 bits per heavy atom. The summed E-state index contributed by atoms with van der Waals surface area (Å²) in [7, 11) is 0. The molecule has 1 amide bonds. The Hall–Kier alpha value is -1.64. The molecule has 8 heteroatoms. The standard InChI is InChI=1S/C4H4O2.C3H7NO2.C3H8O3/c1-3-2-6-4(3)5;1-2-6-3(4)5;4-1-3(6)2-5/h2H,1H3;2H2,1H3,(H2,4,5);3-6H,1-2H2. The molecule has 106 valence electrons. The summed E-state index contributed by atoms with van der Waals surface area (Å²) in [6.45, 7) is 3.04. The number of nitrogens with two attached hydrogens (primary N) is 1. The van der Waals surface area contributed by atoms with Crippen LogP contribution in [-0.4, -0.2) is 53.3 Å². The molecule has 0 aromatic rings. The van der Waals surface area contributed by atoms with Gasteiger partial charge in [0, 0.05) is 0 Å². The highest BCUT2D eigenvalue weighted by Crippen LogP contribution is 2.06. The van der Waals surface area contributed by atoms with Crippen molar-refractivity contribution >= 4 is 12.1 Å². The van der Waals surface area contributed by atoms with Crippen molar-refractivity contribution in [1.29, 1.82) is 0 Å². The van der Waals surface area contributed by atoms with Crippen molar-refractivity contribution in [3.63, 3.8) is 0 Å². The Bertz CT molecular complexity index is 273. The normalized spacial score (nSPS) is 11.9.